The lowest BCUT2D eigenvalue weighted by molar-refractivity contribution is 0.0946. The number of hydrogen-bond donors (Lipinski definition) is 2. The highest BCUT2D eigenvalue weighted by atomic mass is 35.5. The van der Waals surface area contributed by atoms with E-state index in [9.17, 15) is 4.79 Å². The van der Waals surface area contributed by atoms with Gasteiger partial charge in [-0.2, -0.15) is 0 Å². The summed E-state index contributed by atoms with van der Waals surface area (Å²) < 4.78 is 4.03. The Balaban J connectivity index is 0.00000150. The van der Waals surface area contributed by atoms with E-state index in [0.717, 1.165) is 48.5 Å². The van der Waals surface area contributed by atoms with E-state index in [2.05, 4.69) is 30.5 Å². The Morgan fingerprint density at radius 3 is 2.69 bits per heavy atom. The molecule has 0 radical (unpaired) electrons. The lowest BCUT2D eigenvalue weighted by atomic mass is 10.1. The predicted molar refractivity (Wildman–Crippen MR) is 117 cm³/mol. The van der Waals surface area contributed by atoms with Gasteiger partial charge >= 0.3 is 0 Å². The van der Waals surface area contributed by atoms with Gasteiger partial charge in [-0.25, -0.2) is 9.67 Å². The number of carbonyl (C=O) groups excluding carboxylic acids is 1. The summed E-state index contributed by atoms with van der Waals surface area (Å²) in [6.45, 7) is 7.04. The van der Waals surface area contributed by atoms with Crippen LogP contribution >= 0.6 is 24.8 Å². The first-order chi connectivity index (χ1) is 13.1. The maximum atomic E-state index is 12.6. The number of amides is 1. The summed E-state index contributed by atoms with van der Waals surface area (Å²) in [5.74, 6) is 0.772. The minimum atomic E-state index is -0.172. The molecule has 8 nitrogen and oxygen atoms in total. The average Bonchev–Trinajstić information content (AvgIpc) is 3.22. The van der Waals surface area contributed by atoms with Gasteiger partial charge in [0.15, 0.2) is 5.69 Å². The molecule has 2 aromatic heterocycles. The molecule has 0 aliphatic carbocycles. The maximum absolute atomic E-state index is 12.6. The van der Waals surface area contributed by atoms with Gasteiger partial charge in [0.25, 0.3) is 5.91 Å². The number of benzene rings is 1. The maximum Gasteiger partial charge on any atom is 0.273 e. The van der Waals surface area contributed by atoms with Crippen LogP contribution in [0, 0.1) is 13.8 Å². The largest absolute Gasteiger partial charge is 0.349 e. The van der Waals surface area contributed by atoms with Crippen LogP contribution < -0.4 is 10.6 Å². The van der Waals surface area contributed by atoms with E-state index in [4.69, 9.17) is 0 Å². The number of nitrogens with zero attached hydrogens (tertiary/aromatic N) is 5. The van der Waals surface area contributed by atoms with Gasteiger partial charge in [-0.1, -0.05) is 17.3 Å². The van der Waals surface area contributed by atoms with E-state index in [1.807, 2.05) is 42.8 Å². The van der Waals surface area contributed by atoms with Crippen molar-refractivity contribution in [3.63, 3.8) is 0 Å². The molecule has 1 aliphatic rings. The Morgan fingerprint density at radius 1 is 1.21 bits per heavy atom. The molecule has 1 amide bonds. The van der Waals surface area contributed by atoms with Crippen molar-refractivity contribution in [2.45, 2.75) is 39.3 Å². The molecule has 158 valence electrons. The molecular weight excluding hydrogens is 413 g/mol. The Hall–Kier alpha value is -2.16. The van der Waals surface area contributed by atoms with Crippen LogP contribution in [0.4, 0.5) is 0 Å². The molecule has 1 aromatic carbocycles. The number of imidazole rings is 1. The van der Waals surface area contributed by atoms with Gasteiger partial charge in [0.1, 0.15) is 5.82 Å². The van der Waals surface area contributed by atoms with Gasteiger partial charge in [0.2, 0.25) is 0 Å². The SMILES string of the molecule is Cc1c(C(=O)NCCn2c(C)nc3ccccc32)nnn1C1CCNCC1.Cl.Cl. The van der Waals surface area contributed by atoms with E-state index in [1.54, 1.807) is 0 Å². The van der Waals surface area contributed by atoms with Gasteiger partial charge in [-0.05, 0) is 51.9 Å². The third-order valence-corrected chi connectivity index (χ3v) is 5.26. The predicted octanol–water partition coefficient (Wildman–Crippen LogP) is 2.44. The van der Waals surface area contributed by atoms with Crippen molar-refractivity contribution in [1.82, 2.24) is 35.2 Å². The summed E-state index contributed by atoms with van der Waals surface area (Å²) in [6, 6.07) is 8.35. The van der Waals surface area contributed by atoms with Crippen molar-refractivity contribution < 1.29 is 4.79 Å². The molecule has 2 N–H and O–H groups in total. The third-order valence-electron chi connectivity index (χ3n) is 5.26. The molecule has 29 heavy (non-hydrogen) atoms. The number of aromatic nitrogens is 5. The Bertz CT molecular complexity index is 963. The van der Waals surface area contributed by atoms with Crippen molar-refractivity contribution in [3.05, 3.63) is 41.5 Å². The van der Waals surface area contributed by atoms with E-state index in [0.29, 0.717) is 24.8 Å². The highest BCUT2D eigenvalue weighted by Gasteiger charge is 2.22. The fourth-order valence-electron chi connectivity index (χ4n) is 3.79. The number of para-hydroxylation sites is 2. The van der Waals surface area contributed by atoms with Crippen LogP contribution in [0.1, 0.15) is 40.9 Å². The molecule has 0 saturated carbocycles. The van der Waals surface area contributed by atoms with Crippen LogP contribution in [0.25, 0.3) is 11.0 Å². The fraction of sp³-hybridized carbons (Fsp3) is 0.474. The van der Waals surface area contributed by atoms with Crippen molar-refractivity contribution in [1.29, 1.82) is 0 Å². The summed E-state index contributed by atoms with van der Waals surface area (Å²) in [7, 11) is 0. The quantitative estimate of drug-likeness (QED) is 0.636. The smallest absolute Gasteiger partial charge is 0.273 e. The first-order valence-electron chi connectivity index (χ1n) is 9.47. The van der Waals surface area contributed by atoms with Crippen molar-refractivity contribution in [2.75, 3.05) is 19.6 Å². The molecule has 0 atom stereocenters. The van der Waals surface area contributed by atoms with Crippen LogP contribution in [-0.2, 0) is 6.54 Å². The molecule has 0 spiro atoms. The summed E-state index contributed by atoms with van der Waals surface area (Å²) >= 11 is 0. The van der Waals surface area contributed by atoms with Crippen LogP contribution in [0.3, 0.4) is 0 Å². The van der Waals surface area contributed by atoms with Crippen LogP contribution in [0.5, 0.6) is 0 Å². The zero-order valence-electron chi connectivity index (χ0n) is 16.6. The second kappa shape index (κ2) is 10.0. The molecule has 1 aliphatic heterocycles. The number of nitrogens with one attached hydrogen (secondary N) is 2. The van der Waals surface area contributed by atoms with Crippen LogP contribution in [0.2, 0.25) is 0 Å². The standard InChI is InChI=1S/C19H25N7O.2ClH/c1-13-18(23-24-26(13)15-7-9-20-10-8-15)19(27)21-11-12-25-14(2)22-16-5-3-4-6-17(16)25;;/h3-6,15,20H,7-12H2,1-2H3,(H,21,27);2*1H. The third kappa shape index (κ3) is 4.71. The van der Waals surface area contributed by atoms with Crippen molar-refractivity contribution >= 4 is 41.8 Å². The normalized spacial score (nSPS) is 14.3. The molecule has 4 rings (SSSR count). The number of aryl methyl sites for hydroxylation is 1. The molecule has 10 heteroatoms. The second-order valence-corrected chi connectivity index (χ2v) is 7.00. The Kier molecular flexibility index (Phi) is 8.01. The second-order valence-electron chi connectivity index (χ2n) is 7.00. The van der Waals surface area contributed by atoms with Gasteiger partial charge in [0.05, 0.1) is 22.8 Å². The van der Waals surface area contributed by atoms with Gasteiger partial charge in [-0.3, -0.25) is 4.79 Å². The molecular formula is C19H27Cl2N7O. The molecule has 3 aromatic rings. The fourth-order valence-corrected chi connectivity index (χ4v) is 3.79. The molecule has 0 bridgehead atoms. The number of piperidine rings is 1. The van der Waals surface area contributed by atoms with E-state index in [-0.39, 0.29) is 30.7 Å². The van der Waals surface area contributed by atoms with E-state index < -0.39 is 0 Å². The zero-order valence-corrected chi connectivity index (χ0v) is 18.2. The minimum Gasteiger partial charge on any atom is -0.349 e. The number of hydrogen-bond acceptors (Lipinski definition) is 5. The first-order valence-corrected chi connectivity index (χ1v) is 9.47. The van der Waals surface area contributed by atoms with Gasteiger partial charge in [0, 0.05) is 13.1 Å². The summed E-state index contributed by atoms with van der Waals surface area (Å²) in [5, 5.41) is 14.7. The van der Waals surface area contributed by atoms with Crippen molar-refractivity contribution in [2.24, 2.45) is 0 Å². The lowest BCUT2D eigenvalue weighted by Crippen LogP contribution is -2.31. The number of halogens is 2. The molecule has 0 unspecified atom stereocenters. The topological polar surface area (TPSA) is 89.7 Å². The Labute approximate surface area is 182 Å². The molecule has 1 fully saturated rings. The average molecular weight is 440 g/mol. The van der Waals surface area contributed by atoms with Crippen LogP contribution in [0.15, 0.2) is 24.3 Å². The highest BCUT2D eigenvalue weighted by molar-refractivity contribution is 5.93. The highest BCUT2D eigenvalue weighted by Crippen LogP contribution is 2.20. The monoisotopic (exact) mass is 439 g/mol. The summed E-state index contributed by atoms with van der Waals surface area (Å²) in [6.07, 6.45) is 2.02. The summed E-state index contributed by atoms with van der Waals surface area (Å²) in [5.41, 5.74) is 3.31. The number of fused-ring (bicyclic) bond motifs is 1. The lowest BCUT2D eigenvalue weighted by Gasteiger charge is -2.23. The molecule has 1 saturated heterocycles. The van der Waals surface area contributed by atoms with Gasteiger partial charge in [-0.15, -0.1) is 29.9 Å². The zero-order chi connectivity index (χ0) is 18.8. The van der Waals surface area contributed by atoms with Crippen LogP contribution in [-0.4, -0.2) is 50.1 Å². The van der Waals surface area contributed by atoms with E-state index >= 15 is 0 Å². The Morgan fingerprint density at radius 2 is 1.93 bits per heavy atom. The van der Waals surface area contributed by atoms with Gasteiger partial charge < -0.3 is 15.2 Å². The van der Waals surface area contributed by atoms with E-state index in [1.165, 1.54) is 0 Å². The van der Waals surface area contributed by atoms with Crippen molar-refractivity contribution in [3.8, 4) is 0 Å². The first kappa shape index (κ1) is 23.1. The summed E-state index contributed by atoms with van der Waals surface area (Å²) in [4.78, 5) is 17.1. The molecule has 3 heterocycles. The number of carbonyl (C=O) groups is 1. The minimum absolute atomic E-state index is 0. The number of rotatable bonds is 5.